The van der Waals surface area contributed by atoms with Gasteiger partial charge in [0.15, 0.2) is 11.5 Å². The average molecular weight is 208 g/mol. The molecule has 0 saturated carbocycles. The molecule has 0 radical (unpaired) electrons. The Morgan fingerprint density at radius 3 is 2.53 bits per heavy atom. The molecule has 0 aromatic carbocycles. The number of nitrogens with two attached hydrogens (primary N) is 1. The molecule has 5 heteroatoms. The fraction of sp³-hybridized carbons (Fsp3) is 0.500. The summed E-state index contributed by atoms with van der Waals surface area (Å²) < 4.78 is 0. The minimum atomic E-state index is -0.544. The largest absolute Gasteiger partial charge is 0.364 e. The first-order chi connectivity index (χ1) is 7.07. The lowest BCUT2D eigenvalue weighted by Crippen LogP contribution is -2.33. The maximum atomic E-state index is 11.2. The van der Waals surface area contributed by atoms with Gasteiger partial charge in [-0.1, -0.05) is 0 Å². The van der Waals surface area contributed by atoms with Crippen molar-refractivity contribution in [2.24, 2.45) is 5.73 Å². The van der Waals surface area contributed by atoms with Crippen molar-refractivity contribution in [2.45, 2.75) is 26.8 Å². The summed E-state index contributed by atoms with van der Waals surface area (Å²) in [6.45, 7) is 6.82. The van der Waals surface area contributed by atoms with E-state index in [0.29, 0.717) is 5.82 Å². The number of carbonyl (C=O) groups excluding carboxylic acids is 1. The van der Waals surface area contributed by atoms with Gasteiger partial charge in [-0.3, -0.25) is 4.79 Å². The molecule has 1 rings (SSSR count). The third-order valence-corrected chi connectivity index (χ3v) is 2.15. The second kappa shape index (κ2) is 4.72. The normalized spacial score (nSPS) is 10.4. The van der Waals surface area contributed by atoms with E-state index in [2.05, 4.69) is 9.97 Å². The Bertz CT molecular complexity index is 351. The molecule has 0 aliphatic carbocycles. The molecule has 0 saturated heterocycles. The van der Waals surface area contributed by atoms with Gasteiger partial charge in [-0.25, -0.2) is 9.97 Å². The number of anilines is 1. The van der Waals surface area contributed by atoms with Crippen LogP contribution >= 0.6 is 0 Å². The van der Waals surface area contributed by atoms with Gasteiger partial charge in [0.25, 0.3) is 5.91 Å². The zero-order valence-corrected chi connectivity index (χ0v) is 9.27. The fourth-order valence-corrected chi connectivity index (χ4v) is 1.47. The molecule has 0 aliphatic rings. The van der Waals surface area contributed by atoms with E-state index in [0.717, 1.165) is 6.54 Å². The first-order valence-electron chi connectivity index (χ1n) is 4.95. The van der Waals surface area contributed by atoms with E-state index in [9.17, 15) is 4.79 Å². The Hall–Kier alpha value is -1.65. The summed E-state index contributed by atoms with van der Waals surface area (Å²) in [7, 11) is 0. The summed E-state index contributed by atoms with van der Waals surface area (Å²) >= 11 is 0. The van der Waals surface area contributed by atoms with E-state index in [1.165, 1.54) is 6.20 Å². The molecule has 0 unspecified atom stereocenters. The number of rotatable bonds is 4. The van der Waals surface area contributed by atoms with Gasteiger partial charge in [0.1, 0.15) is 0 Å². The van der Waals surface area contributed by atoms with Crippen LogP contribution in [0.1, 0.15) is 31.3 Å². The Morgan fingerprint density at radius 2 is 2.07 bits per heavy atom. The quantitative estimate of drug-likeness (QED) is 0.794. The van der Waals surface area contributed by atoms with Crippen molar-refractivity contribution in [3.63, 3.8) is 0 Å². The highest BCUT2D eigenvalue weighted by molar-refractivity contribution is 5.95. The fourth-order valence-electron chi connectivity index (χ4n) is 1.47. The monoisotopic (exact) mass is 208 g/mol. The van der Waals surface area contributed by atoms with Crippen LogP contribution in [0.3, 0.4) is 0 Å². The lowest BCUT2D eigenvalue weighted by molar-refractivity contribution is 0.0995. The molecule has 1 aromatic rings. The summed E-state index contributed by atoms with van der Waals surface area (Å²) in [5.41, 5.74) is 5.47. The number of primary amides is 1. The van der Waals surface area contributed by atoms with Crippen LogP contribution in [-0.4, -0.2) is 28.5 Å². The highest BCUT2D eigenvalue weighted by Crippen LogP contribution is 2.16. The number of hydrogen-bond donors (Lipinski definition) is 1. The number of hydrogen-bond acceptors (Lipinski definition) is 4. The molecule has 1 aromatic heterocycles. The summed E-state index contributed by atoms with van der Waals surface area (Å²) in [4.78, 5) is 21.2. The van der Waals surface area contributed by atoms with Crippen molar-refractivity contribution in [2.75, 3.05) is 11.4 Å². The first-order valence-corrected chi connectivity index (χ1v) is 4.95. The second-order valence-electron chi connectivity index (χ2n) is 3.47. The summed E-state index contributed by atoms with van der Waals surface area (Å²) in [5, 5.41) is 0. The van der Waals surface area contributed by atoms with Crippen molar-refractivity contribution in [1.29, 1.82) is 0 Å². The Morgan fingerprint density at radius 1 is 1.47 bits per heavy atom. The van der Waals surface area contributed by atoms with Crippen LogP contribution in [0.15, 0.2) is 12.4 Å². The van der Waals surface area contributed by atoms with Gasteiger partial charge < -0.3 is 10.6 Å². The predicted molar refractivity (Wildman–Crippen MR) is 58.7 cm³/mol. The van der Waals surface area contributed by atoms with Crippen LogP contribution in [0.5, 0.6) is 0 Å². The first kappa shape index (κ1) is 11.4. The molecular formula is C10H16N4O. The minimum absolute atomic E-state index is 0.230. The molecule has 0 bridgehead atoms. The number of carbonyl (C=O) groups is 1. The SMILES string of the molecule is CCN(c1nccnc1C(N)=O)C(C)C. The van der Waals surface area contributed by atoms with Crippen molar-refractivity contribution >= 4 is 11.7 Å². The number of nitrogens with zero attached hydrogens (tertiary/aromatic N) is 3. The van der Waals surface area contributed by atoms with Gasteiger partial charge in [-0.15, -0.1) is 0 Å². The Kier molecular flexibility index (Phi) is 3.60. The van der Waals surface area contributed by atoms with E-state index < -0.39 is 5.91 Å². The Balaban J connectivity index is 3.16. The maximum Gasteiger partial charge on any atom is 0.271 e. The lowest BCUT2D eigenvalue weighted by atomic mass is 10.2. The van der Waals surface area contributed by atoms with E-state index in [1.807, 2.05) is 25.7 Å². The van der Waals surface area contributed by atoms with Gasteiger partial charge in [-0.2, -0.15) is 0 Å². The van der Waals surface area contributed by atoms with E-state index in [-0.39, 0.29) is 11.7 Å². The van der Waals surface area contributed by atoms with Crippen molar-refractivity contribution in [1.82, 2.24) is 9.97 Å². The minimum Gasteiger partial charge on any atom is -0.364 e. The summed E-state index contributed by atoms with van der Waals surface area (Å²) in [6.07, 6.45) is 3.03. The van der Waals surface area contributed by atoms with Gasteiger partial charge in [0.05, 0.1) is 0 Å². The molecular weight excluding hydrogens is 192 g/mol. The topological polar surface area (TPSA) is 72.1 Å². The van der Waals surface area contributed by atoms with Crippen LogP contribution < -0.4 is 10.6 Å². The molecule has 82 valence electrons. The molecule has 1 heterocycles. The van der Waals surface area contributed by atoms with Gasteiger partial charge in [-0.05, 0) is 20.8 Å². The summed E-state index contributed by atoms with van der Waals surface area (Å²) in [5.74, 6) is 0.0136. The number of amides is 1. The summed E-state index contributed by atoms with van der Waals surface area (Å²) in [6, 6.07) is 0.254. The van der Waals surface area contributed by atoms with Crippen LogP contribution in [0.2, 0.25) is 0 Å². The van der Waals surface area contributed by atoms with Crippen molar-refractivity contribution in [3.05, 3.63) is 18.1 Å². The lowest BCUT2D eigenvalue weighted by Gasteiger charge is -2.26. The number of aromatic nitrogens is 2. The van der Waals surface area contributed by atoms with Crippen LogP contribution in [0.4, 0.5) is 5.82 Å². The van der Waals surface area contributed by atoms with Crippen LogP contribution in [0, 0.1) is 0 Å². The highest BCUT2D eigenvalue weighted by Gasteiger charge is 2.17. The zero-order chi connectivity index (χ0) is 11.4. The van der Waals surface area contributed by atoms with E-state index in [1.54, 1.807) is 6.20 Å². The molecule has 0 atom stereocenters. The third kappa shape index (κ3) is 2.43. The van der Waals surface area contributed by atoms with Gasteiger partial charge in [0.2, 0.25) is 0 Å². The molecule has 1 amide bonds. The van der Waals surface area contributed by atoms with E-state index >= 15 is 0 Å². The zero-order valence-electron chi connectivity index (χ0n) is 9.27. The molecule has 15 heavy (non-hydrogen) atoms. The highest BCUT2D eigenvalue weighted by atomic mass is 16.1. The predicted octanol–water partition coefficient (Wildman–Crippen LogP) is 0.810. The third-order valence-electron chi connectivity index (χ3n) is 2.15. The van der Waals surface area contributed by atoms with Crippen molar-refractivity contribution in [3.8, 4) is 0 Å². The molecule has 0 spiro atoms. The molecule has 0 aliphatic heterocycles. The van der Waals surface area contributed by atoms with Gasteiger partial charge >= 0.3 is 0 Å². The molecule has 0 fully saturated rings. The molecule has 2 N–H and O–H groups in total. The average Bonchev–Trinajstić information content (AvgIpc) is 2.18. The van der Waals surface area contributed by atoms with Crippen molar-refractivity contribution < 1.29 is 4.79 Å². The van der Waals surface area contributed by atoms with Crippen LogP contribution in [0.25, 0.3) is 0 Å². The van der Waals surface area contributed by atoms with Gasteiger partial charge in [0, 0.05) is 25.0 Å². The Labute approximate surface area is 89.3 Å². The van der Waals surface area contributed by atoms with E-state index in [4.69, 9.17) is 5.73 Å². The molecule has 5 nitrogen and oxygen atoms in total. The standard InChI is InChI=1S/C10H16N4O/c1-4-14(7(2)3)10-8(9(11)15)12-5-6-13-10/h5-7H,4H2,1-3H3,(H2,11,15). The smallest absolute Gasteiger partial charge is 0.271 e. The van der Waals surface area contributed by atoms with Crippen LogP contribution in [-0.2, 0) is 0 Å². The maximum absolute atomic E-state index is 11.2. The second-order valence-corrected chi connectivity index (χ2v) is 3.47.